The number of benzene rings is 3. The van der Waals surface area contributed by atoms with Crippen molar-refractivity contribution in [2.45, 2.75) is 90.0 Å². The average Bonchev–Trinajstić information content (AvgIpc) is 3.60. The minimum absolute atomic E-state index is 0. The molecular weight excluding hydrogens is 844 g/mol. The van der Waals surface area contributed by atoms with Crippen molar-refractivity contribution in [2.24, 2.45) is 0 Å². The standard InChI is InChI=1S/C22H21O2P.C9H13ClO2.C9H13NO2.C5H7ClO.C4H8O.CH4/c1-2-24-22(23)18-25(19-12-6-3-7-13-19,20-14-8-4-9-15-20)21-16-10-5-11-17-21;1-4-12-9(11)6-5-7(2)8(3)10;1-4-12-9(11)8-5-6(2)7(3)10-8;1-4(3-7)5(2)6;1-3-4(2)5;/h3-18H,2H2,1H3;5-6H,4H2,1-3H3;5,10H,4H2,1-3H3;3H,1-2H3;3H2,1-2H3;1H4/b;6-5+,8-7-;;5-4-;;. The molecule has 0 aliphatic heterocycles. The summed E-state index contributed by atoms with van der Waals surface area (Å²) in [5.74, 6) is 1.16. The molecule has 12 heteroatoms. The molecule has 338 valence electrons. The van der Waals surface area contributed by atoms with Crippen molar-refractivity contribution >= 4 is 81.8 Å². The number of allylic oxidation sites excluding steroid dienone is 5. The van der Waals surface area contributed by atoms with Gasteiger partial charge < -0.3 is 24.0 Å². The number of aromatic nitrogens is 1. The maximum absolute atomic E-state index is 12.5. The number of esters is 3. The highest BCUT2D eigenvalue weighted by molar-refractivity contribution is 7.95. The number of carbonyl (C=O) groups excluding carboxylic acids is 5. The molecule has 1 N–H and O–H groups in total. The van der Waals surface area contributed by atoms with Gasteiger partial charge in [0, 0.05) is 39.6 Å². The normalized spacial score (nSPS) is 10.9. The van der Waals surface area contributed by atoms with Crippen LogP contribution in [0.25, 0.3) is 0 Å². The van der Waals surface area contributed by atoms with E-state index in [0.717, 1.165) is 39.0 Å². The number of nitrogens with one attached hydrogen (secondary N) is 1. The second kappa shape index (κ2) is 33.4. The van der Waals surface area contributed by atoms with E-state index in [9.17, 15) is 24.0 Å². The summed E-state index contributed by atoms with van der Waals surface area (Å²) in [6.45, 7) is 18.6. The van der Waals surface area contributed by atoms with Crippen LogP contribution in [-0.4, -0.2) is 60.6 Å². The summed E-state index contributed by atoms with van der Waals surface area (Å²) >= 11 is 11.0. The van der Waals surface area contributed by atoms with Crippen LogP contribution in [0.1, 0.15) is 97.9 Å². The Morgan fingerprint density at radius 3 is 1.29 bits per heavy atom. The van der Waals surface area contributed by atoms with Crippen molar-refractivity contribution < 1.29 is 38.2 Å². The molecule has 0 amide bonds. The van der Waals surface area contributed by atoms with Crippen LogP contribution < -0.4 is 15.9 Å². The van der Waals surface area contributed by atoms with Crippen molar-refractivity contribution in [2.75, 3.05) is 19.8 Å². The largest absolute Gasteiger partial charge is 0.463 e. The maximum Gasteiger partial charge on any atom is 0.354 e. The quantitative estimate of drug-likeness (QED) is 0.0372. The molecule has 0 atom stereocenters. The van der Waals surface area contributed by atoms with E-state index in [1.165, 1.54) is 6.08 Å². The highest BCUT2D eigenvalue weighted by atomic mass is 35.5. The molecule has 0 radical (unpaired) electrons. The molecule has 0 unspecified atom stereocenters. The number of rotatable bonds is 12. The number of ether oxygens (including phenoxy) is 3. The molecule has 9 nitrogen and oxygen atoms in total. The van der Waals surface area contributed by atoms with Crippen molar-refractivity contribution in [3.05, 3.63) is 147 Å². The zero-order valence-electron chi connectivity index (χ0n) is 37.3. The minimum atomic E-state index is -2.24. The lowest BCUT2D eigenvalue weighted by Gasteiger charge is -2.28. The highest BCUT2D eigenvalue weighted by Crippen LogP contribution is 2.43. The molecule has 1 aromatic heterocycles. The first-order valence-electron chi connectivity index (χ1n) is 19.8. The van der Waals surface area contributed by atoms with Gasteiger partial charge in [0.25, 0.3) is 0 Å². The molecular formula is C50H66Cl2NO8P. The fraction of sp³-hybridized carbons (Fsp3) is 0.320. The Hall–Kier alpha value is -5.21. The topological polar surface area (TPSA) is 129 Å². The van der Waals surface area contributed by atoms with Gasteiger partial charge in [-0.2, -0.15) is 0 Å². The molecule has 0 bridgehead atoms. The number of aldehydes is 1. The Labute approximate surface area is 380 Å². The van der Waals surface area contributed by atoms with Crippen LogP contribution in [0.5, 0.6) is 0 Å². The SMILES string of the molecule is C.C/C(Cl)=C(\C)C=O.CCC(C)=O.CCOC(=O)/C=C/C(C)=C(/C)Cl.CCOC(=O)C=P(c1ccccc1)(c1ccccc1)c1ccccc1.CCOC(=O)c1cc(C)c(C)[nH]1. The van der Waals surface area contributed by atoms with Gasteiger partial charge in [0.05, 0.1) is 19.8 Å². The fourth-order valence-corrected chi connectivity index (χ4v) is 8.32. The second-order valence-electron chi connectivity index (χ2n) is 13.0. The number of H-pyrrole nitrogens is 1. The van der Waals surface area contributed by atoms with Gasteiger partial charge in [0.1, 0.15) is 17.8 Å². The highest BCUT2D eigenvalue weighted by Gasteiger charge is 2.26. The van der Waals surface area contributed by atoms with Crippen LogP contribution in [0.15, 0.2) is 130 Å². The van der Waals surface area contributed by atoms with Gasteiger partial charge in [-0.1, -0.05) is 135 Å². The summed E-state index contributed by atoms with van der Waals surface area (Å²) < 4.78 is 14.8. The van der Waals surface area contributed by atoms with Gasteiger partial charge in [-0.25, -0.2) is 14.4 Å². The molecule has 4 rings (SSSR count). The number of aryl methyl sites for hydroxylation is 2. The van der Waals surface area contributed by atoms with E-state index in [4.69, 9.17) is 32.7 Å². The van der Waals surface area contributed by atoms with E-state index in [1.807, 2.05) is 89.2 Å². The van der Waals surface area contributed by atoms with Crippen molar-refractivity contribution in [1.82, 2.24) is 4.98 Å². The number of Topliss-reactive ketones (excluding diaryl/α,β-unsaturated/α-hetero) is 1. The average molecular weight is 911 g/mol. The number of ketones is 1. The first-order chi connectivity index (χ1) is 28.9. The first-order valence-corrected chi connectivity index (χ1v) is 22.4. The van der Waals surface area contributed by atoms with Gasteiger partial charge in [0.2, 0.25) is 0 Å². The number of hydrogen-bond acceptors (Lipinski definition) is 8. The monoisotopic (exact) mass is 909 g/mol. The van der Waals surface area contributed by atoms with Crippen LogP contribution in [0.2, 0.25) is 0 Å². The number of aromatic amines is 1. The molecule has 62 heavy (non-hydrogen) atoms. The van der Waals surface area contributed by atoms with E-state index in [2.05, 4.69) is 46.1 Å². The molecule has 0 saturated heterocycles. The summed E-state index contributed by atoms with van der Waals surface area (Å²) in [5.41, 5.74) is 4.09. The van der Waals surface area contributed by atoms with Gasteiger partial charge in [-0.05, 0) is 109 Å². The molecule has 0 fully saturated rings. The smallest absolute Gasteiger partial charge is 0.354 e. The molecule has 4 aromatic rings. The number of carbonyl (C=O) groups is 5. The van der Waals surface area contributed by atoms with Gasteiger partial charge in [0.15, 0.2) is 0 Å². The molecule has 0 aliphatic rings. The van der Waals surface area contributed by atoms with Crippen LogP contribution >= 0.6 is 30.1 Å². The van der Waals surface area contributed by atoms with Gasteiger partial charge in [-0.3, -0.25) is 4.79 Å². The summed E-state index contributed by atoms with van der Waals surface area (Å²) in [4.78, 5) is 57.1. The third-order valence-electron chi connectivity index (χ3n) is 8.36. The van der Waals surface area contributed by atoms with E-state index < -0.39 is 6.89 Å². The van der Waals surface area contributed by atoms with Crippen LogP contribution in [0, 0.1) is 13.8 Å². The van der Waals surface area contributed by atoms with Gasteiger partial charge >= 0.3 is 17.9 Å². The Bertz CT molecular complexity index is 1970. The molecule has 0 aliphatic carbocycles. The van der Waals surface area contributed by atoms with E-state index in [1.54, 1.807) is 59.5 Å². The van der Waals surface area contributed by atoms with Crippen molar-refractivity contribution in [3.8, 4) is 0 Å². The Morgan fingerprint density at radius 2 is 1.00 bits per heavy atom. The van der Waals surface area contributed by atoms with E-state index in [0.29, 0.717) is 47.6 Å². The first kappa shape index (κ1) is 58.9. The third-order valence-corrected chi connectivity index (χ3v) is 12.9. The summed E-state index contributed by atoms with van der Waals surface area (Å²) in [6.07, 6.45) is 4.41. The second-order valence-corrected chi connectivity index (χ2v) is 17.4. The zero-order valence-corrected chi connectivity index (χ0v) is 39.8. The Morgan fingerprint density at radius 1 is 0.613 bits per heavy atom. The zero-order chi connectivity index (χ0) is 46.4. The summed E-state index contributed by atoms with van der Waals surface area (Å²) in [6, 6.07) is 32.5. The van der Waals surface area contributed by atoms with Crippen LogP contribution in [-0.2, 0) is 33.4 Å². The molecule has 1 heterocycles. The van der Waals surface area contributed by atoms with Crippen LogP contribution in [0.4, 0.5) is 0 Å². The Balaban J connectivity index is 0. The van der Waals surface area contributed by atoms with Crippen molar-refractivity contribution in [1.29, 1.82) is 0 Å². The minimum Gasteiger partial charge on any atom is -0.463 e. The van der Waals surface area contributed by atoms with E-state index >= 15 is 0 Å². The predicted octanol–water partition coefficient (Wildman–Crippen LogP) is 11.1. The lowest BCUT2D eigenvalue weighted by molar-refractivity contribution is -0.137. The van der Waals surface area contributed by atoms with Crippen molar-refractivity contribution in [3.63, 3.8) is 0 Å². The predicted molar refractivity (Wildman–Crippen MR) is 262 cm³/mol. The molecule has 3 aromatic carbocycles. The summed E-state index contributed by atoms with van der Waals surface area (Å²) in [5, 5.41) is 4.66. The van der Waals surface area contributed by atoms with E-state index in [-0.39, 0.29) is 31.1 Å². The van der Waals surface area contributed by atoms with Crippen LogP contribution in [0.3, 0.4) is 0 Å². The number of halogens is 2. The lowest BCUT2D eigenvalue weighted by Crippen LogP contribution is -2.29. The lowest BCUT2D eigenvalue weighted by atomic mass is 10.2. The number of hydrogen-bond donors (Lipinski definition) is 1. The third kappa shape index (κ3) is 22.6. The fourth-order valence-electron chi connectivity index (χ4n) is 4.56. The molecule has 0 saturated carbocycles. The maximum atomic E-state index is 12.5. The summed E-state index contributed by atoms with van der Waals surface area (Å²) in [7, 11) is 0. The van der Waals surface area contributed by atoms with Gasteiger partial charge in [-0.15, -0.1) is 0 Å². The molecule has 0 spiro atoms. The Kier molecular flexibility index (Phi) is 31.7.